The van der Waals surface area contributed by atoms with Crippen LogP contribution in [-0.2, 0) is 0 Å². The molecule has 6 nitrogen and oxygen atoms in total. The van der Waals surface area contributed by atoms with E-state index in [1.54, 1.807) is 19.1 Å². The van der Waals surface area contributed by atoms with Crippen molar-refractivity contribution in [2.45, 2.75) is 19.6 Å². The third-order valence-corrected chi connectivity index (χ3v) is 3.64. The maximum Gasteiger partial charge on any atom is 0.387 e. The molecule has 1 amide bonds. The van der Waals surface area contributed by atoms with E-state index in [9.17, 15) is 13.6 Å². The van der Waals surface area contributed by atoms with E-state index in [-0.39, 0.29) is 11.4 Å². The number of para-hydroxylation sites is 1. The minimum atomic E-state index is -2.90. The van der Waals surface area contributed by atoms with E-state index in [1.807, 2.05) is 30.3 Å². The van der Waals surface area contributed by atoms with Crippen LogP contribution in [0.3, 0.4) is 0 Å². The quantitative estimate of drug-likeness (QED) is 0.734. The summed E-state index contributed by atoms with van der Waals surface area (Å²) in [5.41, 5.74) is 1.52. The van der Waals surface area contributed by atoms with Gasteiger partial charge in [-0.25, -0.2) is 0 Å². The molecule has 3 aromatic rings. The standard InChI is InChI=1S/C18H16F2N4O2/c1-12(13-6-5-9-15(10-13)26-18(19)20)22-17(25)16-11-21-24(23-16)14-7-3-2-4-8-14/h2-12,18H,1H3,(H,22,25). The molecular formula is C18H16F2N4O2. The van der Waals surface area contributed by atoms with Gasteiger partial charge in [-0.05, 0) is 36.8 Å². The van der Waals surface area contributed by atoms with Crippen molar-refractivity contribution in [3.8, 4) is 11.4 Å². The molecule has 1 atom stereocenters. The molecule has 3 rings (SSSR count). The highest BCUT2D eigenvalue weighted by atomic mass is 19.3. The van der Waals surface area contributed by atoms with Crippen LogP contribution in [0.5, 0.6) is 5.75 Å². The van der Waals surface area contributed by atoms with Crippen LogP contribution in [-0.4, -0.2) is 27.5 Å². The van der Waals surface area contributed by atoms with Gasteiger partial charge in [-0.2, -0.15) is 18.7 Å². The van der Waals surface area contributed by atoms with Gasteiger partial charge < -0.3 is 10.1 Å². The Balaban J connectivity index is 1.69. The lowest BCUT2D eigenvalue weighted by Crippen LogP contribution is -2.27. The molecule has 0 aliphatic carbocycles. The summed E-state index contributed by atoms with van der Waals surface area (Å²) in [6.07, 6.45) is 1.37. The first-order chi connectivity index (χ1) is 12.5. The summed E-state index contributed by atoms with van der Waals surface area (Å²) in [4.78, 5) is 13.7. The molecule has 0 saturated carbocycles. The molecule has 0 fully saturated rings. The molecule has 0 saturated heterocycles. The van der Waals surface area contributed by atoms with Crippen molar-refractivity contribution in [1.29, 1.82) is 0 Å². The average molecular weight is 358 g/mol. The Hall–Kier alpha value is -3.29. The maximum atomic E-state index is 12.4. The fraction of sp³-hybridized carbons (Fsp3) is 0.167. The SMILES string of the molecule is CC(NC(=O)c1cnn(-c2ccccc2)n1)c1cccc(OC(F)F)c1. The fourth-order valence-corrected chi connectivity index (χ4v) is 2.37. The second kappa shape index (κ2) is 7.73. The monoisotopic (exact) mass is 358 g/mol. The molecule has 2 aromatic carbocycles. The van der Waals surface area contributed by atoms with Crippen molar-refractivity contribution < 1.29 is 18.3 Å². The zero-order chi connectivity index (χ0) is 18.5. The molecule has 0 aliphatic rings. The highest BCUT2D eigenvalue weighted by molar-refractivity contribution is 5.92. The molecule has 1 unspecified atom stereocenters. The number of amides is 1. The average Bonchev–Trinajstić information content (AvgIpc) is 3.12. The fourth-order valence-electron chi connectivity index (χ4n) is 2.37. The van der Waals surface area contributed by atoms with E-state index in [0.717, 1.165) is 5.69 Å². The Morgan fingerprint density at radius 3 is 2.65 bits per heavy atom. The molecular weight excluding hydrogens is 342 g/mol. The van der Waals surface area contributed by atoms with Gasteiger partial charge in [-0.1, -0.05) is 30.3 Å². The third-order valence-electron chi connectivity index (χ3n) is 3.64. The number of hydrogen-bond donors (Lipinski definition) is 1. The van der Waals surface area contributed by atoms with E-state index in [2.05, 4.69) is 20.3 Å². The number of ether oxygens (including phenoxy) is 1. The number of nitrogens with zero attached hydrogens (tertiary/aromatic N) is 3. The zero-order valence-corrected chi connectivity index (χ0v) is 13.8. The Morgan fingerprint density at radius 2 is 1.92 bits per heavy atom. The van der Waals surface area contributed by atoms with Crippen LogP contribution in [0.15, 0.2) is 60.8 Å². The molecule has 8 heteroatoms. The van der Waals surface area contributed by atoms with Gasteiger partial charge in [0.15, 0.2) is 5.69 Å². The Bertz CT molecular complexity index is 884. The summed E-state index contributed by atoms with van der Waals surface area (Å²) in [5.74, 6) is -0.381. The first kappa shape index (κ1) is 17.5. The highest BCUT2D eigenvalue weighted by Crippen LogP contribution is 2.21. The molecule has 0 spiro atoms. The van der Waals surface area contributed by atoms with Crippen LogP contribution in [0, 0.1) is 0 Å². The van der Waals surface area contributed by atoms with Crippen molar-refractivity contribution >= 4 is 5.91 Å². The second-order valence-electron chi connectivity index (χ2n) is 5.50. The highest BCUT2D eigenvalue weighted by Gasteiger charge is 2.16. The Morgan fingerprint density at radius 1 is 1.15 bits per heavy atom. The molecule has 134 valence electrons. The molecule has 1 N–H and O–H groups in total. The second-order valence-corrected chi connectivity index (χ2v) is 5.50. The van der Waals surface area contributed by atoms with E-state index in [4.69, 9.17) is 0 Å². The minimum absolute atomic E-state index is 0.0358. The number of carbonyl (C=O) groups excluding carboxylic acids is 1. The van der Waals surface area contributed by atoms with E-state index < -0.39 is 18.6 Å². The Kier molecular flexibility index (Phi) is 5.21. The van der Waals surface area contributed by atoms with Crippen molar-refractivity contribution in [3.63, 3.8) is 0 Å². The number of halogens is 2. The molecule has 0 aliphatic heterocycles. The van der Waals surface area contributed by atoms with Crippen LogP contribution in [0.4, 0.5) is 8.78 Å². The lowest BCUT2D eigenvalue weighted by molar-refractivity contribution is -0.0499. The number of benzene rings is 2. The number of alkyl halides is 2. The number of hydrogen-bond acceptors (Lipinski definition) is 4. The lowest BCUT2D eigenvalue weighted by atomic mass is 10.1. The normalized spacial score (nSPS) is 12.0. The number of rotatable bonds is 6. The van der Waals surface area contributed by atoms with Gasteiger partial charge >= 0.3 is 6.61 Å². The van der Waals surface area contributed by atoms with E-state index in [1.165, 1.54) is 23.1 Å². The van der Waals surface area contributed by atoms with Gasteiger partial charge in [0.05, 0.1) is 17.9 Å². The largest absolute Gasteiger partial charge is 0.435 e. The van der Waals surface area contributed by atoms with Crippen LogP contribution >= 0.6 is 0 Å². The van der Waals surface area contributed by atoms with Gasteiger partial charge in [0.1, 0.15) is 5.75 Å². The molecule has 1 heterocycles. The summed E-state index contributed by atoms with van der Waals surface area (Å²) >= 11 is 0. The van der Waals surface area contributed by atoms with Crippen molar-refractivity contribution in [2.24, 2.45) is 0 Å². The third kappa shape index (κ3) is 4.21. The van der Waals surface area contributed by atoms with Crippen LogP contribution in [0.25, 0.3) is 5.69 Å². The van der Waals surface area contributed by atoms with Crippen molar-refractivity contribution in [2.75, 3.05) is 0 Å². The summed E-state index contributed by atoms with van der Waals surface area (Å²) in [6, 6.07) is 14.9. The maximum absolute atomic E-state index is 12.4. The Labute approximate surface area is 148 Å². The number of nitrogens with one attached hydrogen (secondary N) is 1. The predicted molar refractivity (Wildman–Crippen MR) is 90.3 cm³/mol. The molecule has 0 bridgehead atoms. The van der Waals surface area contributed by atoms with E-state index >= 15 is 0 Å². The zero-order valence-electron chi connectivity index (χ0n) is 13.8. The summed E-state index contributed by atoms with van der Waals surface area (Å²) in [7, 11) is 0. The van der Waals surface area contributed by atoms with Crippen LogP contribution in [0.2, 0.25) is 0 Å². The van der Waals surface area contributed by atoms with E-state index in [0.29, 0.717) is 5.56 Å². The number of aromatic nitrogens is 3. The molecule has 0 radical (unpaired) electrons. The van der Waals surface area contributed by atoms with Gasteiger partial charge in [0, 0.05) is 0 Å². The molecule has 1 aromatic heterocycles. The predicted octanol–water partition coefficient (Wildman–Crippen LogP) is 3.36. The first-order valence-electron chi connectivity index (χ1n) is 7.86. The van der Waals surface area contributed by atoms with Crippen molar-refractivity contribution in [1.82, 2.24) is 20.3 Å². The minimum Gasteiger partial charge on any atom is -0.435 e. The van der Waals surface area contributed by atoms with Gasteiger partial charge in [-0.15, -0.1) is 5.10 Å². The topological polar surface area (TPSA) is 69.0 Å². The van der Waals surface area contributed by atoms with Gasteiger partial charge in [0.25, 0.3) is 5.91 Å². The van der Waals surface area contributed by atoms with Crippen molar-refractivity contribution in [3.05, 3.63) is 72.1 Å². The smallest absolute Gasteiger partial charge is 0.387 e. The van der Waals surface area contributed by atoms with Gasteiger partial charge in [-0.3, -0.25) is 4.79 Å². The lowest BCUT2D eigenvalue weighted by Gasteiger charge is -2.14. The van der Waals surface area contributed by atoms with Gasteiger partial charge in [0.2, 0.25) is 0 Å². The summed E-state index contributed by atoms with van der Waals surface area (Å²) in [5, 5.41) is 11.0. The first-order valence-corrected chi connectivity index (χ1v) is 7.86. The van der Waals surface area contributed by atoms with Crippen LogP contribution in [0.1, 0.15) is 29.0 Å². The molecule has 26 heavy (non-hydrogen) atoms. The summed E-state index contributed by atoms with van der Waals surface area (Å²) < 4.78 is 29.0. The van der Waals surface area contributed by atoms with Crippen LogP contribution < -0.4 is 10.1 Å². The summed E-state index contributed by atoms with van der Waals surface area (Å²) in [6.45, 7) is -1.16. The number of carbonyl (C=O) groups is 1.